The van der Waals surface area contributed by atoms with Crippen LogP contribution in [0, 0.1) is 0 Å². The molecule has 1 unspecified atom stereocenters. The number of carbonyl (C=O) groups excluding carboxylic acids is 1. The van der Waals surface area contributed by atoms with Crippen LogP contribution in [-0.2, 0) is 9.53 Å². The number of hydrogen-bond acceptors (Lipinski definition) is 6. The van der Waals surface area contributed by atoms with Crippen LogP contribution in [0.25, 0.3) is 0 Å². The van der Waals surface area contributed by atoms with Gasteiger partial charge in [0, 0.05) is 32.8 Å². The number of carbonyl (C=O) groups is 1. The predicted octanol–water partition coefficient (Wildman–Crippen LogP) is 0.346. The van der Waals surface area contributed by atoms with E-state index in [1.54, 1.807) is 12.4 Å². The maximum atomic E-state index is 11.9. The fourth-order valence-electron chi connectivity index (χ4n) is 2.56. The molecule has 0 bridgehead atoms. The highest BCUT2D eigenvalue weighted by Gasteiger charge is 2.23. The summed E-state index contributed by atoms with van der Waals surface area (Å²) in [5.41, 5.74) is 0.619. The lowest BCUT2D eigenvalue weighted by Crippen LogP contribution is -2.45. The van der Waals surface area contributed by atoms with Gasteiger partial charge in [0.15, 0.2) is 0 Å². The zero-order valence-electron chi connectivity index (χ0n) is 12.3. The predicted molar refractivity (Wildman–Crippen MR) is 79.3 cm³/mol. The first-order chi connectivity index (χ1) is 10.2. The first-order valence-electron chi connectivity index (χ1n) is 7.40. The maximum Gasteiger partial charge on any atom is 0.253 e. The molecular formula is C14H21N5O2. The van der Waals surface area contributed by atoms with Gasteiger partial charge in [-0.1, -0.05) is 0 Å². The number of nitrogens with one attached hydrogen (secondary N) is 1. The molecule has 1 N–H and O–H groups in total. The van der Waals surface area contributed by atoms with Crippen molar-refractivity contribution < 1.29 is 9.53 Å². The monoisotopic (exact) mass is 291 g/mol. The van der Waals surface area contributed by atoms with Crippen molar-refractivity contribution >= 4 is 17.5 Å². The van der Waals surface area contributed by atoms with Gasteiger partial charge in [-0.25, -0.2) is 9.97 Å². The Morgan fingerprint density at radius 1 is 1.29 bits per heavy atom. The Hall–Kier alpha value is -1.73. The summed E-state index contributed by atoms with van der Waals surface area (Å²) in [5.74, 6) is 0.613. The first-order valence-corrected chi connectivity index (χ1v) is 7.40. The summed E-state index contributed by atoms with van der Waals surface area (Å²) < 4.78 is 5.35. The summed E-state index contributed by atoms with van der Waals surface area (Å²) in [7, 11) is 2.11. The summed E-state index contributed by atoms with van der Waals surface area (Å²) in [5, 5.41) is 2.81. The first kappa shape index (κ1) is 14.2. The molecule has 3 heterocycles. The van der Waals surface area contributed by atoms with Crippen LogP contribution < -0.4 is 10.2 Å². The van der Waals surface area contributed by atoms with Crippen LogP contribution >= 0.6 is 0 Å². The van der Waals surface area contributed by atoms with Crippen molar-refractivity contribution in [2.24, 2.45) is 0 Å². The van der Waals surface area contributed by atoms with E-state index in [1.807, 2.05) is 0 Å². The largest absolute Gasteiger partial charge is 0.368 e. The molecule has 0 saturated carbocycles. The molecule has 3 rings (SSSR count). The number of amides is 1. The van der Waals surface area contributed by atoms with Crippen molar-refractivity contribution in [1.82, 2.24) is 14.9 Å². The Labute approximate surface area is 124 Å². The van der Waals surface area contributed by atoms with Gasteiger partial charge in [-0.05, 0) is 19.9 Å². The Kier molecular flexibility index (Phi) is 4.31. The Morgan fingerprint density at radius 2 is 2.00 bits per heavy atom. The average molecular weight is 291 g/mol. The molecule has 1 atom stereocenters. The number of aromatic nitrogens is 2. The molecule has 114 valence electrons. The minimum absolute atomic E-state index is 0.108. The molecule has 2 saturated heterocycles. The Morgan fingerprint density at radius 3 is 2.62 bits per heavy atom. The highest BCUT2D eigenvalue weighted by atomic mass is 16.5. The van der Waals surface area contributed by atoms with Gasteiger partial charge in [0.2, 0.25) is 5.95 Å². The van der Waals surface area contributed by atoms with Gasteiger partial charge < -0.3 is 19.9 Å². The topological polar surface area (TPSA) is 70.6 Å². The fraction of sp³-hybridized carbons (Fsp3) is 0.643. The summed E-state index contributed by atoms with van der Waals surface area (Å²) in [4.78, 5) is 25.1. The van der Waals surface area contributed by atoms with Gasteiger partial charge in [0.05, 0.1) is 18.1 Å². The molecule has 0 aliphatic carbocycles. The molecule has 2 aliphatic rings. The summed E-state index contributed by atoms with van der Waals surface area (Å²) in [6.45, 7) is 4.55. The van der Waals surface area contributed by atoms with Crippen LogP contribution in [0.15, 0.2) is 12.4 Å². The van der Waals surface area contributed by atoms with Crippen LogP contribution in [0.1, 0.15) is 12.8 Å². The van der Waals surface area contributed by atoms with E-state index < -0.39 is 0 Å². The minimum Gasteiger partial charge on any atom is -0.368 e. The van der Waals surface area contributed by atoms with Crippen molar-refractivity contribution in [2.45, 2.75) is 18.9 Å². The number of ether oxygens (including phenoxy) is 1. The normalized spacial score (nSPS) is 23.3. The van der Waals surface area contributed by atoms with Crippen LogP contribution in [-0.4, -0.2) is 66.7 Å². The molecule has 7 heteroatoms. The second kappa shape index (κ2) is 6.36. The van der Waals surface area contributed by atoms with E-state index in [4.69, 9.17) is 4.74 Å². The molecule has 7 nitrogen and oxygen atoms in total. The van der Waals surface area contributed by atoms with E-state index in [9.17, 15) is 4.79 Å². The van der Waals surface area contributed by atoms with Crippen LogP contribution in [0.3, 0.4) is 0 Å². The van der Waals surface area contributed by atoms with Gasteiger partial charge in [0.1, 0.15) is 6.10 Å². The summed E-state index contributed by atoms with van der Waals surface area (Å²) in [6, 6.07) is 0. The van der Waals surface area contributed by atoms with Crippen molar-refractivity contribution in [3.63, 3.8) is 0 Å². The van der Waals surface area contributed by atoms with Crippen molar-refractivity contribution in [3.8, 4) is 0 Å². The van der Waals surface area contributed by atoms with Crippen molar-refractivity contribution in [1.29, 1.82) is 0 Å². The third-order valence-electron chi connectivity index (χ3n) is 3.91. The fourth-order valence-corrected chi connectivity index (χ4v) is 2.56. The van der Waals surface area contributed by atoms with Gasteiger partial charge in [-0.3, -0.25) is 4.79 Å². The third kappa shape index (κ3) is 3.48. The highest BCUT2D eigenvalue weighted by Crippen LogP contribution is 2.16. The Balaban J connectivity index is 1.57. The number of nitrogens with zero attached hydrogens (tertiary/aromatic N) is 4. The second-order valence-corrected chi connectivity index (χ2v) is 5.55. The summed E-state index contributed by atoms with van der Waals surface area (Å²) in [6.07, 6.45) is 4.71. The molecule has 0 spiro atoms. The van der Waals surface area contributed by atoms with E-state index in [0.29, 0.717) is 12.3 Å². The van der Waals surface area contributed by atoms with Crippen LogP contribution in [0.2, 0.25) is 0 Å². The number of anilines is 2. The van der Waals surface area contributed by atoms with Crippen LogP contribution in [0.4, 0.5) is 11.6 Å². The Bertz CT molecular complexity index is 479. The lowest BCUT2D eigenvalue weighted by Gasteiger charge is -2.32. The van der Waals surface area contributed by atoms with Crippen molar-refractivity contribution in [2.75, 3.05) is 50.1 Å². The van der Waals surface area contributed by atoms with Gasteiger partial charge in [0.25, 0.3) is 5.91 Å². The molecule has 2 fully saturated rings. The standard InChI is InChI=1S/C14H21N5O2/c1-18-4-6-19(7-5-18)14-15-9-11(10-16-14)17-13(20)12-3-2-8-21-12/h9-10,12H,2-8H2,1H3,(H,17,20). The molecule has 1 aromatic heterocycles. The van der Waals surface area contributed by atoms with Gasteiger partial charge in [-0.2, -0.15) is 0 Å². The SMILES string of the molecule is CN1CCN(c2ncc(NC(=O)C3CCCO3)cn2)CC1. The number of hydrogen-bond donors (Lipinski definition) is 1. The molecular weight excluding hydrogens is 270 g/mol. The summed E-state index contributed by atoms with van der Waals surface area (Å²) >= 11 is 0. The van der Waals surface area contributed by atoms with Gasteiger partial charge in [-0.15, -0.1) is 0 Å². The highest BCUT2D eigenvalue weighted by molar-refractivity contribution is 5.94. The lowest BCUT2D eigenvalue weighted by atomic mass is 10.2. The second-order valence-electron chi connectivity index (χ2n) is 5.55. The van der Waals surface area contributed by atoms with E-state index >= 15 is 0 Å². The van der Waals surface area contributed by atoms with Crippen molar-refractivity contribution in [3.05, 3.63) is 12.4 Å². The average Bonchev–Trinajstić information content (AvgIpc) is 3.03. The van der Waals surface area contributed by atoms with E-state index in [0.717, 1.165) is 45.0 Å². The number of rotatable bonds is 3. The van der Waals surface area contributed by atoms with E-state index in [1.165, 1.54) is 0 Å². The maximum absolute atomic E-state index is 11.9. The molecule has 0 radical (unpaired) electrons. The quantitative estimate of drug-likeness (QED) is 0.866. The van der Waals surface area contributed by atoms with Crippen LogP contribution in [0.5, 0.6) is 0 Å². The zero-order valence-corrected chi connectivity index (χ0v) is 12.3. The zero-order chi connectivity index (χ0) is 14.7. The molecule has 2 aliphatic heterocycles. The molecule has 21 heavy (non-hydrogen) atoms. The van der Waals surface area contributed by atoms with E-state index in [2.05, 4.69) is 32.1 Å². The molecule has 0 aromatic carbocycles. The van der Waals surface area contributed by atoms with Gasteiger partial charge >= 0.3 is 0 Å². The molecule has 1 aromatic rings. The molecule has 1 amide bonds. The lowest BCUT2D eigenvalue weighted by molar-refractivity contribution is -0.124. The van der Waals surface area contributed by atoms with E-state index in [-0.39, 0.29) is 12.0 Å². The minimum atomic E-state index is -0.331. The number of likely N-dealkylation sites (N-methyl/N-ethyl adjacent to an activating group) is 1. The smallest absolute Gasteiger partial charge is 0.253 e. The third-order valence-corrected chi connectivity index (χ3v) is 3.91. The number of piperazine rings is 1.